The molecule has 15 heavy (non-hydrogen) atoms. The van der Waals surface area contributed by atoms with Crippen molar-refractivity contribution in [1.29, 1.82) is 0 Å². The number of nitrogens with one attached hydrogen (secondary N) is 1. The lowest BCUT2D eigenvalue weighted by Crippen LogP contribution is -2.33. The first-order valence-electron chi connectivity index (χ1n) is 6.00. The Morgan fingerprint density at radius 3 is 3.20 bits per heavy atom. The zero-order valence-electron chi connectivity index (χ0n) is 9.41. The average molecular weight is 224 g/mol. The van der Waals surface area contributed by atoms with Crippen molar-refractivity contribution in [3.05, 3.63) is 16.6 Å². The van der Waals surface area contributed by atoms with Gasteiger partial charge in [-0.15, -0.1) is 11.3 Å². The fraction of sp³-hybridized carbons (Fsp3) is 0.750. The van der Waals surface area contributed by atoms with Gasteiger partial charge < -0.3 is 5.32 Å². The van der Waals surface area contributed by atoms with Crippen LogP contribution in [-0.4, -0.2) is 11.0 Å². The molecule has 1 N–H and O–H groups in total. The Kier molecular flexibility index (Phi) is 4.15. The van der Waals surface area contributed by atoms with E-state index < -0.39 is 0 Å². The van der Waals surface area contributed by atoms with Crippen molar-refractivity contribution in [3.8, 4) is 0 Å². The van der Waals surface area contributed by atoms with Crippen molar-refractivity contribution < 1.29 is 0 Å². The van der Waals surface area contributed by atoms with Crippen molar-refractivity contribution in [2.45, 2.75) is 51.6 Å². The van der Waals surface area contributed by atoms with Crippen molar-refractivity contribution in [1.82, 2.24) is 10.3 Å². The normalized spacial score (nSPS) is 26.7. The Balaban J connectivity index is 1.74. The molecule has 1 aromatic rings. The number of hydrogen-bond donors (Lipinski definition) is 1. The van der Waals surface area contributed by atoms with E-state index in [0.29, 0.717) is 0 Å². The van der Waals surface area contributed by atoms with Gasteiger partial charge in [0.15, 0.2) is 0 Å². The quantitative estimate of drug-likeness (QED) is 0.849. The molecule has 1 aliphatic carbocycles. The summed E-state index contributed by atoms with van der Waals surface area (Å²) in [5.41, 5.74) is 0. The summed E-state index contributed by atoms with van der Waals surface area (Å²) in [6.07, 6.45) is 8.77. The van der Waals surface area contributed by atoms with Crippen LogP contribution >= 0.6 is 11.3 Å². The van der Waals surface area contributed by atoms with Gasteiger partial charge in [-0.05, 0) is 18.8 Å². The van der Waals surface area contributed by atoms with Gasteiger partial charge in [0.05, 0.1) is 0 Å². The average Bonchev–Trinajstić information content (AvgIpc) is 2.79. The molecule has 0 saturated heterocycles. The van der Waals surface area contributed by atoms with Gasteiger partial charge in [0, 0.05) is 24.2 Å². The van der Waals surface area contributed by atoms with Gasteiger partial charge in [0.2, 0.25) is 0 Å². The lowest BCUT2D eigenvalue weighted by Gasteiger charge is -2.28. The molecular formula is C12H20N2S. The van der Waals surface area contributed by atoms with E-state index in [1.54, 1.807) is 11.3 Å². The summed E-state index contributed by atoms with van der Waals surface area (Å²) in [6.45, 7) is 3.27. The molecule has 0 radical (unpaired) electrons. The molecule has 84 valence electrons. The molecule has 1 aliphatic rings. The highest BCUT2D eigenvalue weighted by atomic mass is 32.1. The summed E-state index contributed by atoms with van der Waals surface area (Å²) in [5, 5.41) is 6.90. The van der Waals surface area contributed by atoms with Crippen LogP contribution in [-0.2, 0) is 6.54 Å². The third-order valence-corrected chi connectivity index (χ3v) is 4.17. The van der Waals surface area contributed by atoms with E-state index in [-0.39, 0.29) is 0 Å². The summed E-state index contributed by atoms with van der Waals surface area (Å²) in [5.74, 6) is 0.951. The minimum atomic E-state index is 0.729. The van der Waals surface area contributed by atoms with Gasteiger partial charge in [0.1, 0.15) is 5.01 Å². The van der Waals surface area contributed by atoms with Gasteiger partial charge in [-0.25, -0.2) is 4.98 Å². The van der Waals surface area contributed by atoms with E-state index in [0.717, 1.165) is 18.5 Å². The molecule has 2 rings (SSSR count). The first kappa shape index (κ1) is 11.1. The highest BCUT2D eigenvalue weighted by molar-refractivity contribution is 7.09. The van der Waals surface area contributed by atoms with Crippen molar-refractivity contribution in [3.63, 3.8) is 0 Å². The minimum absolute atomic E-state index is 0.729. The van der Waals surface area contributed by atoms with Crippen LogP contribution in [0.5, 0.6) is 0 Å². The third kappa shape index (κ3) is 3.28. The second kappa shape index (κ2) is 5.61. The molecule has 3 heteroatoms. The van der Waals surface area contributed by atoms with E-state index in [1.165, 1.54) is 37.1 Å². The highest BCUT2D eigenvalue weighted by Gasteiger charge is 2.20. The Morgan fingerprint density at radius 2 is 2.47 bits per heavy atom. The number of rotatable bonds is 4. The monoisotopic (exact) mass is 224 g/mol. The first-order chi connectivity index (χ1) is 7.38. The molecule has 2 unspecified atom stereocenters. The maximum Gasteiger partial charge on any atom is 0.106 e. The van der Waals surface area contributed by atoms with Gasteiger partial charge in [0.25, 0.3) is 0 Å². The Morgan fingerprint density at radius 1 is 1.53 bits per heavy atom. The fourth-order valence-corrected chi connectivity index (χ4v) is 2.99. The summed E-state index contributed by atoms with van der Waals surface area (Å²) in [7, 11) is 0. The van der Waals surface area contributed by atoms with Gasteiger partial charge in [-0.1, -0.05) is 26.2 Å². The second-order valence-electron chi connectivity index (χ2n) is 4.44. The van der Waals surface area contributed by atoms with Crippen molar-refractivity contribution >= 4 is 11.3 Å². The van der Waals surface area contributed by atoms with Crippen LogP contribution in [0.4, 0.5) is 0 Å². The van der Waals surface area contributed by atoms with E-state index in [2.05, 4.69) is 17.2 Å². The lowest BCUT2D eigenvalue weighted by molar-refractivity contribution is 0.278. The van der Waals surface area contributed by atoms with Crippen LogP contribution in [0.1, 0.15) is 44.0 Å². The standard InChI is InChI=1S/C12H20N2S/c1-2-10-4-3-5-11(8-10)14-9-12-13-6-7-15-12/h6-7,10-11,14H,2-5,8-9H2,1H3. The van der Waals surface area contributed by atoms with Crippen molar-refractivity contribution in [2.75, 3.05) is 0 Å². The molecule has 0 amide bonds. The predicted molar refractivity (Wildman–Crippen MR) is 65.0 cm³/mol. The van der Waals surface area contributed by atoms with Crippen LogP contribution in [0.3, 0.4) is 0 Å². The topological polar surface area (TPSA) is 24.9 Å². The molecule has 0 bridgehead atoms. The van der Waals surface area contributed by atoms with Crippen LogP contribution in [0, 0.1) is 5.92 Å². The Hall–Kier alpha value is -0.410. The van der Waals surface area contributed by atoms with Crippen LogP contribution < -0.4 is 5.32 Å². The maximum absolute atomic E-state index is 4.30. The summed E-state index contributed by atoms with van der Waals surface area (Å²) < 4.78 is 0. The zero-order chi connectivity index (χ0) is 10.5. The molecule has 1 fully saturated rings. The highest BCUT2D eigenvalue weighted by Crippen LogP contribution is 2.26. The SMILES string of the molecule is CCC1CCCC(NCc2nccs2)C1. The number of thiazole rings is 1. The van der Waals surface area contributed by atoms with Crippen molar-refractivity contribution in [2.24, 2.45) is 5.92 Å². The molecule has 0 aliphatic heterocycles. The molecule has 0 spiro atoms. The molecule has 2 nitrogen and oxygen atoms in total. The third-order valence-electron chi connectivity index (χ3n) is 3.39. The van der Waals surface area contributed by atoms with Gasteiger partial charge in [-0.3, -0.25) is 0 Å². The van der Waals surface area contributed by atoms with E-state index >= 15 is 0 Å². The predicted octanol–water partition coefficient (Wildman–Crippen LogP) is 3.20. The molecule has 0 aromatic carbocycles. The molecule has 1 heterocycles. The van der Waals surface area contributed by atoms with E-state index in [1.807, 2.05) is 11.6 Å². The molecule has 1 aromatic heterocycles. The van der Waals surface area contributed by atoms with E-state index in [4.69, 9.17) is 0 Å². The Labute approximate surface area is 96.1 Å². The summed E-state index contributed by atoms with van der Waals surface area (Å²) in [6, 6.07) is 0.729. The first-order valence-corrected chi connectivity index (χ1v) is 6.88. The molecule has 2 atom stereocenters. The summed E-state index contributed by atoms with van der Waals surface area (Å²) >= 11 is 1.74. The smallest absolute Gasteiger partial charge is 0.106 e. The zero-order valence-corrected chi connectivity index (χ0v) is 10.2. The van der Waals surface area contributed by atoms with Gasteiger partial charge >= 0.3 is 0 Å². The largest absolute Gasteiger partial charge is 0.308 e. The fourth-order valence-electron chi connectivity index (χ4n) is 2.42. The number of hydrogen-bond acceptors (Lipinski definition) is 3. The Bertz CT molecular complexity index is 271. The minimum Gasteiger partial charge on any atom is -0.308 e. The van der Waals surface area contributed by atoms with Crippen LogP contribution in [0.15, 0.2) is 11.6 Å². The van der Waals surface area contributed by atoms with Crippen LogP contribution in [0.2, 0.25) is 0 Å². The van der Waals surface area contributed by atoms with E-state index in [9.17, 15) is 0 Å². The maximum atomic E-state index is 4.30. The molecule has 1 saturated carbocycles. The lowest BCUT2D eigenvalue weighted by atomic mass is 9.84. The molecular weight excluding hydrogens is 204 g/mol. The number of aromatic nitrogens is 1. The summed E-state index contributed by atoms with van der Waals surface area (Å²) in [4.78, 5) is 4.30. The number of nitrogens with zero attached hydrogens (tertiary/aromatic N) is 1. The van der Waals surface area contributed by atoms with Crippen LogP contribution in [0.25, 0.3) is 0 Å². The second-order valence-corrected chi connectivity index (χ2v) is 5.42. The van der Waals surface area contributed by atoms with Gasteiger partial charge in [-0.2, -0.15) is 0 Å².